The highest BCUT2D eigenvalue weighted by atomic mass is 19.1. The average Bonchev–Trinajstić information content (AvgIpc) is 2.66. The topological polar surface area (TPSA) is 70.2 Å². The first-order chi connectivity index (χ1) is 13.6. The van der Waals surface area contributed by atoms with Crippen molar-refractivity contribution in [1.29, 1.82) is 0 Å². The van der Waals surface area contributed by atoms with Crippen LogP contribution in [-0.2, 0) is 20.9 Å². The number of halogens is 1. The molecule has 0 aromatic heterocycles. The Labute approximate surface area is 170 Å². The number of carbonyl (C=O) groups is 3. The van der Waals surface area contributed by atoms with Crippen molar-refractivity contribution in [3.63, 3.8) is 0 Å². The highest BCUT2D eigenvalue weighted by molar-refractivity contribution is 6.35. The van der Waals surface area contributed by atoms with E-state index in [0.29, 0.717) is 39.0 Å². The van der Waals surface area contributed by atoms with Crippen molar-refractivity contribution in [3.8, 4) is 0 Å². The van der Waals surface area contributed by atoms with Crippen molar-refractivity contribution < 1.29 is 23.5 Å². The normalized spacial score (nSPS) is 19.0. The highest BCUT2D eigenvalue weighted by Gasteiger charge is 2.38. The van der Waals surface area contributed by atoms with Crippen LogP contribution in [-0.4, -0.2) is 70.4 Å². The molecule has 2 aliphatic rings. The molecule has 3 amide bonds. The fraction of sp³-hybridized carbons (Fsp3) is 0.571. The number of likely N-dealkylation sites (tertiary alicyclic amines) is 1. The number of piperazine rings is 1. The van der Waals surface area contributed by atoms with E-state index in [9.17, 15) is 18.8 Å². The summed E-state index contributed by atoms with van der Waals surface area (Å²) in [5.74, 6) is -1.37. The van der Waals surface area contributed by atoms with E-state index in [1.54, 1.807) is 21.9 Å². The number of benzene rings is 1. The second-order valence-corrected chi connectivity index (χ2v) is 8.55. The minimum atomic E-state index is -0.544. The van der Waals surface area contributed by atoms with Crippen LogP contribution in [0.15, 0.2) is 24.3 Å². The molecule has 0 unspecified atom stereocenters. The third kappa shape index (κ3) is 5.25. The van der Waals surface area contributed by atoms with Gasteiger partial charge in [0, 0.05) is 38.8 Å². The van der Waals surface area contributed by atoms with Gasteiger partial charge < -0.3 is 19.4 Å². The smallest absolute Gasteiger partial charge is 0.410 e. The Morgan fingerprint density at radius 1 is 1.03 bits per heavy atom. The van der Waals surface area contributed by atoms with E-state index in [1.165, 1.54) is 17.0 Å². The van der Waals surface area contributed by atoms with Gasteiger partial charge in [-0.05, 0) is 51.3 Å². The highest BCUT2D eigenvalue weighted by Crippen LogP contribution is 2.22. The fourth-order valence-electron chi connectivity index (χ4n) is 3.69. The summed E-state index contributed by atoms with van der Waals surface area (Å²) >= 11 is 0. The van der Waals surface area contributed by atoms with E-state index < -0.39 is 17.4 Å². The largest absolute Gasteiger partial charge is 0.444 e. The minimum absolute atomic E-state index is 0.0573. The number of carbonyl (C=O) groups excluding carboxylic acids is 3. The zero-order valence-corrected chi connectivity index (χ0v) is 17.2. The second-order valence-electron chi connectivity index (χ2n) is 8.55. The van der Waals surface area contributed by atoms with Crippen molar-refractivity contribution in [3.05, 3.63) is 35.6 Å². The van der Waals surface area contributed by atoms with Gasteiger partial charge in [0.1, 0.15) is 11.4 Å². The lowest BCUT2D eigenvalue weighted by Gasteiger charge is -2.42. The molecule has 29 heavy (non-hydrogen) atoms. The van der Waals surface area contributed by atoms with E-state index in [1.807, 2.05) is 20.8 Å². The average molecular weight is 405 g/mol. The van der Waals surface area contributed by atoms with Gasteiger partial charge >= 0.3 is 17.9 Å². The molecule has 0 spiro atoms. The molecular weight excluding hydrogens is 377 g/mol. The summed E-state index contributed by atoms with van der Waals surface area (Å²) in [5, 5.41) is 0. The van der Waals surface area contributed by atoms with E-state index in [-0.39, 0.29) is 24.5 Å². The number of nitrogens with zero attached hydrogens (tertiary/aromatic N) is 3. The summed E-state index contributed by atoms with van der Waals surface area (Å²) in [7, 11) is 0. The summed E-state index contributed by atoms with van der Waals surface area (Å²) in [6.45, 7) is 7.66. The van der Waals surface area contributed by atoms with Crippen LogP contribution in [0.5, 0.6) is 0 Å². The van der Waals surface area contributed by atoms with E-state index in [2.05, 4.69) is 0 Å². The van der Waals surface area contributed by atoms with Crippen LogP contribution >= 0.6 is 0 Å². The molecule has 8 heteroatoms. The molecule has 0 atom stereocenters. The maximum Gasteiger partial charge on any atom is 0.410 e. The van der Waals surface area contributed by atoms with Crippen LogP contribution in [0.4, 0.5) is 9.18 Å². The molecule has 2 fully saturated rings. The monoisotopic (exact) mass is 405 g/mol. The van der Waals surface area contributed by atoms with Gasteiger partial charge in [0.05, 0.1) is 0 Å². The number of ether oxygens (including phenoxy) is 1. The maximum absolute atomic E-state index is 13.0. The Hall–Kier alpha value is -2.64. The lowest BCUT2D eigenvalue weighted by atomic mass is 10.0. The van der Waals surface area contributed by atoms with Gasteiger partial charge in [0.2, 0.25) is 0 Å². The van der Waals surface area contributed by atoms with Crippen LogP contribution in [0, 0.1) is 5.82 Å². The van der Waals surface area contributed by atoms with Crippen LogP contribution in [0.25, 0.3) is 0 Å². The molecule has 7 nitrogen and oxygen atoms in total. The van der Waals surface area contributed by atoms with Gasteiger partial charge in [-0.2, -0.15) is 0 Å². The van der Waals surface area contributed by atoms with Gasteiger partial charge in [-0.1, -0.05) is 12.1 Å². The molecule has 0 saturated carbocycles. The Morgan fingerprint density at radius 3 is 2.24 bits per heavy atom. The molecule has 0 radical (unpaired) electrons. The number of hydrogen-bond acceptors (Lipinski definition) is 4. The molecule has 0 aliphatic carbocycles. The van der Waals surface area contributed by atoms with E-state index in [4.69, 9.17) is 4.74 Å². The maximum atomic E-state index is 13.0. The predicted octanol–water partition coefficient (Wildman–Crippen LogP) is 2.40. The van der Waals surface area contributed by atoms with E-state index >= 15 is 0 Å². The van der Waals surface area contributed by atoms with Crippen molar-refractivity contribution in [2.75, 3.05) is 26.2 Å². The molecule has 3 rings (SSSR count). The van der Waals surface area contributed by atoms with Gasteiger partial charge in [0.25, 0.3) is 0 Å². The van der Waals surface area contributed by atoms with E-state index in [0.717, 1.165) is 5.56 Å². The van der Waals surface area contributed by atoms with Gasteiger partial charge in [-0.15, -0.1) is 0 Å². The van der Waals surface area contributed by atoms with Crippen molar-refractivity contribution in [1.82, 2.24) is 14.7 Å². The molecule has 158 valence electrons. The Kier molecular flexibility index (Phi) is 6.10. The van der Waals surface area contributed by atoms with Crippen LogP contribution in [0.1, 0.15) is 39.2 Å². The quantitative estimate of drug-likeness (QED) is 0.724. The van der Waals surface area contributed by atoms with Crippen LogP contribution in [0.2, 0.25) is 0 Å². The van der Waals surface area contributed by atoms with Crippen molar-refractivity contribution in [2.24, 2.45) is 0 Å². The molecule has 2 aliphatic heterocycles. The number of rotatable bonds is 3. The molecule has 1 aromatic carbocycles. The van der Waals surface area contributed by atoms with Crippen molar-refractivity contribution >= 4 is 17.9 Å². The fourth-order valence-corrected chi connectivity index (χ4v) is 3.69. The number of hydrogen-bond donors (Lipinski definition) is 0. The zero-order chi connectivity index (χ0) is 21.2. The Bertz CT molecular complexity index is 767. The SMILES string of the molecule is CC(C)(C)OC(=O)N1CCC(N2CCN(Cc3ccc(F)cc3)C(=O)C2=O)CC1. The standard InChI is InChI=1S/C21H28FN3O4/c1-21(2,3)29-20(28)23-10-8-17(9-11-23)25-13-12-24(18(26)19(25)27)14-15-4-6-16(22)7-5-15/h4-7,17H,8-14H2,1-3H3. The molecule has 2 saturated heterocycles. The van der Waals surface area contributed by atoms with Crippen molar-refractivity contribution in [2.45, 2.75) is 51.8 Å². The minimum Gasteiger partial charge on any atom is -0.444 e. The van der Waals surface area contributed by atoms with Crippen LogP contribution < -0.4 is 0 Å². The molecule has 0 N–H and O–H groups in total. The summed E-state index contributed by atoms with van der Waals surface area (Å²) < 4.78 is 18.4. The van der Waals surface area contributed by atoms with Gasteiger partial charge in [0.15, 0.2) is 0 Å². The summed E-state index contributed by atoms with van der Waals surface area (Å²) in [6.07, 6.45) is 0.898. The Morgan fingerprint density at radius 2 is 1.66 bits per heavy atom. The zero-order valence-electron chi connectivity index (χ0n) is 17.2. The third-order valence-corrected chi connectivity index (χ3v) is 5.19. The molecule has 2 heterocycles. The lowest BCUT2D eigenvalue weighted by molar-refractivity contribution is -0.158. The Balaban J connectivity index is 1.53. The summed E-state index contributed by atoms with van der Waals surface area (Å²) in [6, 6.07) is 5.86. The first-order valence-corrected chi connectivity index (χ1v) is 9.96. The first-order valence-electron chi connectivity index (χ1n) is 9.96. The molecule has 1 aromatic rings. The summed E-state index contributed by atoms with van der Waals surface area (Å²) in [5.41, 5.74) is 0.239. The second kappa shape index (κ2) is 8.39. The number of amides is 3. The lowest BCUT2D eigenvalue weighted by Crippen LogP contribution is -2.59. The molecule has 0 bridgehead atoms. The van der Waals surface area contributed by atoms with Gasteiger partial charge in [-0.3, -0.25) is 9.59 Å². The van der Waals surface area contributed by atoms with Gasteiger partial charge in [-0.25, -0.2) is 9.18 Å². The molecular formula is C21H28FN3O4. The predicted molar refractivity (Wildman–Crippen MR) is 104 cm³/mol. The first kappa shape index (κ1) is 21.1. The van der Waals surface area contributed by atoms with Crippen LogP contribution in [0.3, 0.4) is 0 Å². The number of piperidine rings is 1. The third-order valence-electron chi connectivity index (χ3n) is 5.19. The summed E-state index contributed by atoms with van der Waals surface area (Å²) in [4.78, 5) is 42.2.